The van der Waals surface area contributed by atoms with E-state index >= 15 is 0 Å². The van der Waals surface area contributed by atoms with Gasteiger partial charge in [0.1, 0.15) is 0 Å². The number of fused-ring (bicyclic) bond motifs is 5. The van der Waals surface area contributed by atoms with Crippen LogP contribution >= 0.6 is 0 Å². The van der Waals surface area contributed by atoms with Crippen LogP contribution in [0.3, 0.4) is 0 Å². The molecule has 1 aliphatic heterocycles. The largest absolute Gasteiger partial charge is 0.395 e. The highest BCUT2D eigenvalue weighted by Gasteiger charge is 2.59. The van der Waals surface area contributed by atoms with E-state index < -0.39 is 0 Å². The van der Waals surface area contributed by atoms with Crippen LogP contribution in [-0.2, 0) is 4.74 Å². The molecule has 1 saturated heterocycles. The summed E-state index contributed by atoms with van der Waals surface area (Å²) in [5, 5.41) is 19.7. The Hall–Kier alpha value is -0.420. The van der Waals surface area contributed by atoms with Gasteiger partial charge in [-0.25, -0.2) is 0 Å². The summed E-state index contributed by atoms with van der Waals surface area (Å²) < 4.78 is 6.50. The number of β-amino-alcohol motifs (C(OH)–C–C–N with tert-alkyl or cyclic N) is 1. The maximum absolute atomic E-state index is 10.0. The van der Waals surface area contributed by atoms with Gasteiger partial charge < -0.3 is 14.9 Å². The van der Waals surface area contributed by atoms with Gasteiger partial charge in [0.25, 0.3) is 0 Å². The van der Waals surface area contributed by atoms with Crippen LogP contribution in [-0.4, -0.2) is 59.7 Å². The van der Waals surface area contributed by atoms with E-state index in [0.29, 0.717) is 16.9 Å². The van der Waals surface area contributed by atoms with Gasteiger partial charge in [0.15, 0.2) is 0 Å². The van der Waals surface area contributed by atoms with E-state index in [4.69, 9.17) is 4.74 Å². The number of unbranched alkanes of at least 4 members (excludes halogenated alkanes) is 2. The van der Waals surface area contributed by atoms with Gasteiger partial charge in [-0.3, -0.25) is 4.90 Å². The Balaban J connectivity index is 1.08. The zero-order chi connectivity index (χ0) is 29.9. The van der Waals surface area contributed by atoms with Gasteiger partial charge in [0.05, 0.1) is 18.8 Å². The van der Waals surface area contributed by atoms with Crippen LogP contribution in [0.5, 0.6) is 0 Å². The predicted octanol–water partition coefficient (Wildman–Crippen LogP) is 8.40. The molecule has 10 unspecified atom stereocenters. The summed E-state index contributed by atoms with van der Waals surface area (Å²) in [6.45, 7) is 15.5. The van der Waals surface area contributed by atoms with Crippen LogP contribution in [0.2, 0.25) is 0 Å². The molecule has 2 N–H and O–H groups in total. The third kappa shape index (κ3) is 7.02. The minimum Gasteiger partial charge on any atom is -0.395 e. The van der Waals surface area contributed by atoms with Crippen LogP contribution < -0.4 is 0 Å². The number of hydrogen-bond acceptors (Lipinski definition) is 4. The molecule has 0 amide bonds. The van der Waals surface area contributed by atoms with Gasteiger partial charge in [-0.1, -0.05) is 65.5 Å². The lowest BCUT2D eigenvalue weighted by Crippen LogP contribution is -2.51. The normalized spacial score (nSPS) is 41.2. The summed E-state index contributed by atoms with van der Waals surface area (Å²) in [5.74, 6) is 5.43. The molecule has 0 aromatic rings. The molecule has 4 aliphatic carbocycles. The number of likely N-dealkylation sites (tertiary alicyclic amines) is 1. The number of rotatable bonds is 13. The molecular formula is C38H67NO3. The van der Waals surface area contributed by atoms with Gasteiger partial charge in [0, 0.05) is 19.2 Å². The molecule has 3 saturated carbocycles. The number of aliphatic hydroxyl groups excluding tert-OH is 2. The Labute approximate surface area is 259 Å². The van der Waals surface area contributed by atoms with E-state index in [1.807, 2.05) is 0 Å². The number of hydrogen-bond donors (Lipinski definition) is 2. The fourth-order valence-electron chi connectivity index (χ4n) is 11.2. The molecule has 4 fully saturated rings. The van der Waals surface area contributed by atoms with E-state index in [1.165, 1.54) is 77.0 Å². The molecule has 242 valence electrons. The summed E-state index contributed by atoms with van der Waals surface area (Å²) in [6, 6.07) is 0.237. The molecule has 4 heteroatoms. The van der Waals surface area contributed by atoms with Gasteiger partial charge in [0.2, 0.25) is 0 Å². The third-order valence-electron chi connectivity index (χ3n) is 13.7. The van der Waals surface area contributed by atoms with Gasteiger partial charge in [-0.05, 0) is 136 Å². The van der Waals surface area contributed by atoms with Gasteiger partial charge in [-0.15, -0.1) is 0 Å². The number of aliphatic hydroxyl groups is 2. The van der Waals surface area contributed by atoms with Crippen molar-refractivity contribution in [3.05, 3.63) is 11.6 Å². The first-order chi connectivity index (χ1) is 20.2. The Morgan fingerprint density at radius 2 is 1.76 bits per heavy atom. The number of allylic oxidation sites excluding steroid dienone is 1. The summed E-state index contributed by atoms with van der Waals surface area (Å²) in [6.07, 6.45) is 23.3. The zero-order valence-corrected chi connectivity index (χ0v) is 28.2. The molecule has 5 aliphatic rings. The fraction of sp³-hybridized carbons (Fsp3) is 0.947. The minimum absolute atomic E-state index is 0.214. The number of ether oxygens (including phenoxy) is 1. The van der Waals surface area contributed by atoms with Crippen LogP contribution in [0.25, 0.3) is 0 Å². The second-order valence-corrected chi connectivity index (χ2v) is 16.6. The zero-order valence-electron chi connectivity index (χ0n) is 28.2. The van der Waals surface area contributed by atoms with Crippen molar-refractivity contribution in [1.82, 2.24) is 4.90 Å². The Morgan fingerprint density at radius 3 is 2.55 bits per heavy atom. The van der Waals surface area contributed by atoms with Gasteiger partial charge in [-0.2, -0.15) is 0 Å². The van der Waals surface area contributed by atoms with E-state index in [2.05, 4.69) is 45.6 Å². The number of piperidine rings is 1. The number of nitrogens with zero attached hydrogens (tertiary/aromatic N) is 1. The minimum atomic E-state index is -0.223. The molecular weight excluding hydrogens is 518 g/mol. The molecule has 1 heterocycles. The summed E-state index contributed by atoms with van der Waals surface area (Å²) in [4.78, 5) is 2.30. The quantitative estimate of drug-likeness (QED) is 0.168. The van der Waals surface area contributed by atoms with Crippen molar-refractivity contribution >= 4 is 0 Å². The molecule has 0 aromatic heterocycles. The van der Waals surface area contributed by atoms with E-state index in [0.717, 1.165) is 80.9 Å². The second-order valence-electron chi connectivity index (χ2n) is 16.6. The maximum Gasteiger partial charge on any atom is 0.0667 e. The van der Waals surface area contributed by atoms with Crippen LogP contribution in [0.4, 0.5) is 0 Å². The highest BCUT2D eigenvalue weighted by molar-refractivity contribution is 5.25. The summed E-state index contributed by atoms with van der Waals surface area (Å²) in [5.41, 5.74) is 2.74. The van der Waals surface area contributed by atoms with Crippen molar-refractivity contribution in [3.8, 4) is 0 Å². The van der Waals surface area contributed by atoms with E-state index in [1.54, 1.807) is 5.57 Å². The van der Waals surface area contributed by atoms with Crippen LogP contribution in [0, 0.1) is 46.3 Å². The highest BCUT2D eigenvalue weighted by Crippen LogP contribution is 2.67. The molecule has 42 heavy (non-hydrogen) atoms. The second kappa shape index (κ2) is 14.3. The molecule has 0 bridgehead atoms. The first-order valence-electron chi connectivity index (χ1n) is 18.5. The molecule has 0 aromatic carbocycles. The third-order valence-corrected chi connectivity index (χ3v) is 13.7. The standard InChI is InChI=1S/C38H67NO3/c1-27(2)10-9-11-28(3)34-16-17-35-33-15-12-29-24-32(18-20-37(29,4)36(33)19-21-38(34,35)5)42-23-8-6-7-22-39-25-31(41)14-13-30(39)26-40/h12,27-28,30-36,40-41H,6-11,13-26H2,1-5H3. The molecule has 0 spiro atoms. The van der Waals surface area contributed by atoms with Gasteiger partial charge >= 0.3 is 0 Å². The van der Waals surface area contributed by atoms with Crippen molar-refractivity contribution in [2.45, 2.75) is 156 Å². The molecule has 10 atom stereocenters. The lowest BCUT2D eigenvalue weighted by molar-refractivity contribution is -0.0641. The molecule has 4 nitrogen and oxygen atoms in total. The van der Waals surface area contributed by atoms with E-state index in [9.17, 15) is 10.2 Å². The lowest BCUT2D eigenvalue weighted by Gasteiger charge is -2.58. The SMILES string of the molecule is CC(C)CCCC(C)C1CCC2C3CC=C4CC(OCCCCCN5CC(O)CCC5CO)CCC4(C)C3CCC12C. The highest BCUT2D eigenvalue weighted by atomic mass is 16.5. The van der Waals surface area contributed by atoms with Crippen molar-refractivity contribution in [1.29, 1.82) is 0 Å². The average Bonchev–Trinajstić information content (AvgIpc) is 3.32. The van der Waals surface area contributed by atoms with E-state index in [-0.39, 0.29) is 18.8 Å². The Bertz CT molecular complexity index is 888. The average molecular weight is 586 g/mol. The van der Waals surface area contributed by atoms with Crippen molar-refractivity contribution in [3.63, 3.8) is 0 Å². The Kier molecular flexibility index (Phi) is 11.3. The topological polar surface area (TPSA) is 52.9 Å². The first-order valence-corrected chi connectivity index (χ1v) is 18.5. The fourth-order valence-corrected chi connectivity index (χ4v) is 11.2. The molecule has 0 radical (unpaired) electrons. The smallest absolute Gasteiger partial charge is 0.0667 e. The summed E-state index contributed by atoms with van der Waals surface area (Å²) in [7, 11) is 0. The molecule has 5 rings (SSSR count). The van der Waals surface area contributed by atoms with Crippen molar-refractivity contribution in [2.75, 3.05) is 26.3 Å². The van der Waals surface area contributed by atoms with Crippen LogP contribution in [0.1, 0.15) is 137 Å². The maximum atomic E-state index is 10.0. The predicted molar refractivity (Wildman–Crippen MR) is 174 cm³/mol. The van der Waals surface area contributed by atoms with Crippen LogP contribution in [0.15, 0.2) is 11.6 Å². The monoisotopic (exact) mass is 586 g/mol. The van der Waals surface area contributed by atoms with Crippen molar-refractivity contribution < 1.29 is 14.9 Å². The lowest BCUT2D eigenvalue weighted by atomic mass is 9.47. The Morgan fingerprint density at radius 1 is 0.929 bits per heavy atom. The first kappa shape index (κ1) is 33.0. The summed E-state index contributed by atoms with van der Waals surface area (Å²) >= 11 is 0. The van der Waals surface area contributed by atoms with Crippen molar-refractivity contribution in [2.24, 2.45) is 46.3 Å².